The standard InChI is InChI=1S/C22H28N2O4/c1-15-18-9-5-6-10-19(18)22(28)24(15)14-20(25)23-17(11-12-21(26)27)13-16-7-3-2-4-8-16/h5-6,9-10,16-17H,1-4,7-8,11-14H2,(H,23,25)(H,26,27). The smallest absolute Gasteiger partial charge is 0.303 e. The molecule has 1 unspecified atom stereocenters. The lowest BCUT2D eigenvalue weighted by Gasteiger charge is -2.27. The van der Waals surface area contributed by atoms with E-state index in [4.69, 9.17) is 5.11 Å². The Labute approximate surface area is 165 Å². The minimum absolute atomic E-state index is 0.0263. The van der Waals surface area contributed by atoms with Gasteiger partial charge in [-0.1, -0.05) is 56.9 Å². The third-order valence-electron chi connectivity index (χ3n) is 5.76. The van der Waals surface area contributed by atoms with Gasteiger partial charge in [0.2, 0.25) is 5.91 Å². The van der Waals surface area contributed by atoms with Gasteiger partial charge in [-0.25, -0.2) is 0 Å². The normalized spacial score (nSPS) is 18.1. The van der Waals surface area contributed by atoms with Crippen LogP contribution in [0.25, 0.3) is 5.70 Å². The van der Waals surface area contributed by atoms with E-state index in [0.29, 0.717) is 23.6 Å². The number of nitrogens with zero attached hydrogens (tertiary/aromatic N) is 1. The van der Waals surface area contributed by atoms with E-state index >= 15 is 0 Å². The summed E-state index contributed by atoms with van der Waals surface area (Å²) in [4.78, 5) is 37.6. The number of fused-ring (bicyclic) bond motifs is 1. The van der Waals surface area contributed by atoms with Crippen LogP contribution >= 0.6 is 0 Å². The van der Waals surface area contributed by atoms with Crippen LogP contribution in [0.3, 0.4) is 0 Å². The molecule has 1 heterocycles. The van der Waals surface area contributed by atoms with Crippen LogP contribution in [0.1, 0.15) is 67.3 Å². The van der Waals surface area contributed by atoms with Crippen molar-refractivity contribution in [3.8, 4) is 0 Å². The number of carboxylic acid groups (broad SMARTS) is 1. The molecule has 1 aromatic carbocycles. The van der Waals surface area contributed by atoms with Gasteiger partial charge in [0, 0.05) is 29.3 Å². The van der Waals surface area contributed by atoms with Crippen LogP contribution in [0.4, 0.5) is 0 Å². The van der Waals surface area contributed by atoms with E-state index in [1.54, 1.807) is 12.1 Å². The molecule has 2 N–H and O–H groups in total. The second-order valence-electron chi connectivity index (χ2n) is 7.82. The zero-order valence-electron chi connectivity index (χ0n) is 16.2. The summed E-state index contributed by atoms with van der Waals surface area (Å²) in [6, 6.07) is 7.01. The molecule has 1 aliphatic heterocycles. The number of carbonyl (C=O) groups excluding carboxylic acids is 2. The molecule has 6 heteroatoms. The number of hydrogen-bond donors (Lipinski definition) is 2. The SMILES string of the molecule is C=C1c2ccccc2C(=O)N1CC(=O)NC(CCC(=O)O)CC1CCCCC1. The van der Waals surface area contributed by atoms with Crippen LogP contribution in [0.15, 0.2) is 30.8 Å². The molecule has 2 amide bonds. The van der Waals surface area contributed by atoms with Gasteiger partial charge in [0.05, 0.1) is 0 Å². The predicted molar refractivity (Wildman–Crippen MR) is 107 cm³/mol. The quantitative estimate of drug-likeness (QED) is 0.719. The van der Waals surface area contributed by atoms with Crippen LogP contribution in [-0.4, -0.2) is 40.4 Å². The van der Waals surface area contributed by atoms with E-state index in [1.807, 2.05) is 12.1 Å². The number of nitrogens with one attached hydrogen (secondary N) is 1. The molecule has 0 aromatic heterocycles. The van der Waals surface area contributed by atoms with Crippen LogP contribution in [0.5, 0.6) is 0 Å². The Kier molecular flexibility index (Phi) is 6.49. The molecule has 1 aromatic rings. The molecule has 150 valence electrons. The summed E-state index contributed by atoms with van der Waals surface area (Å²) >= 11 is 0. The molecule has 0 bridgehead atoms. The number of carboxylic acids is 1. The van der Waals surface area contributed by atoms with Crippen molar-refractivity contribution in [2.45, 2.75) is 57.4 Å². The summed E-state index contributed by atoms with van der Waals surface area (Å²) in [6.07, 6.45) is 7.16. The first-order valence-corrected chi connectivity index (χ1v) is 10.1. The predicted octanol–water partition coefficient (Wildman–Crippen LogP) is 3.43. The zero-order valence-corrected chi connectivity index (χ0v) is 16.2. The zero-order chi connectivity index (χ0) is 20.1. The van der Waals surface area contributed by atoms with Gasteiger partial charge in [-0.3, -0.25) is 19.3 Å². The molecule has 0 saturated heterocycles. The molecule has 28 heavy (non-hydrogen) atoms. The van der Waals surface area contributed by atoms with E-state index in [9.17, 15) is 14.4 Å². The second kappa shape index (κ2) is 9.04. The molecule has 1 saturated carbocycles. The van der Waals surface area contributed by atoms with Crippen molar-refractivity contribution in [1.29, 1.82) is 0 Å². The van der Waals surface area contributed by atoms with Crippen molar-refractivity contribution >= 4 is 23.5 Å². The van der Waals surface area contributed by atoms with Crippen molar-refractivity contribution in [2.24, 2.45) is 5.92 Å². The molecular formula is C22H28N2O4. The van der Waals surface area contributed by atoms with Gasteiger partial charge in [-0.05, 0) is 24.8 Å². The van der Waals surface area contributed by atoms with Crippen LogP contribution in [-0.2, 0) is 9.59 Å². The first-order chi connectivity index (χ1) is 13.5. The summed E-state index contributed by atoms with van der Waals surface area (Å²) in [6.45, 7) is 3.86. The first kappa shape index (κ1) is 20.1. The highest BCUT2D eigenvalue weighted by Gasteiger charge is 2.32. The van der Waals surface area contributed by atoms with E-state index < -0.39 is 5.97 Å². The number of hydrogen-bond acceptors (Lipinski definition) is 3. The van der Waals surface area contributed by atoms with Gasteiger partial charge < -0.3 is 10.4 Å². The van der Waals surface area contributed by atoms with E-state index in [1.165, 1.54) is 24.2 Å². The summed E-state index contributed by atoms with van der Waals surface area (Å²) in [5, 5.41) is 12.0. The lowest BCUT2D eigenvalue weighted by Crippen LogP contribution is -2.43. The lowest BCUT2D eigenvalue weighted by molar-refractivity contribution is -0.137. The molecule has 3 rings (SSSR count). The second-order valence-corrected chi connectivity index (χ2v) is 7.82. The molecule has 2 aliphatic rings. The van der Waals surface area contributed by atoms with E-state index in [0.717, 1.165) is 24.8 Å². The summed E-state index contributed by atoms with van der Waals surface area (Å²) < 4.78 is 0. The number of benzene rings is 1. The molecule has 0 radical (unpaired) electrons. The number of aliphatic carboxylic acids is 1. The topological polar surface area (TPSA) is 86.7 Å². The molecule has 1 atom stereocenters. The average Bonchev–Trinajstić information content (AvgIpc) is 2.92. The molecular weight excluding hydrogens is 356 g/mol. The Hall–Kier alpha value is -2.63. The number of carbonyl (C=O) groups is 3. The minimum atomic E-state index is -0.860. The van der Waals surface area contributed by atoms with Gasteiger partial charge in [0.15, 0.2) is 0 Å². The Morgan fingerprint density at radius 3 is 2.50 bits per heavy atom. The van der Waals surface area contributed by atoms with Crippen molar-refractivity contribution < 1.29 is 19.5 Å². The fourth-order valence-corrected chi connectivity index (χ4v) is 4.29. The highest BCUT2D eigenvalue weighted by Crippen LogP contribution is 2.31. The number of rotatable bonds is 8. The third-order valence-corrected chi connectivity index (χ3v) is 5.76. The highest BCUT2D eigenvalue weighted by molar-refractivity contribution is 6.10. The van der Waals surface area contributed by atoms with Gasteiger partial charge in [0.1, 0.15) is 6.54 Å². The van der Waals surface area contributed by atoms with Crippen molar-refractivity contribution in [3.63, 3.8) is 0 Å². The van der Waals surface area contributed by atoms with Crippen molar-refractivity contribution in [1.82, 2.24) is 10.2 Å². The van der Waals surface area contributed by atoms with Crippen molar-refractivity contribution in [2.75, 3.05) is 6.54 Å². The fraction of sp³-hybridized carbons (Fsp3) is 0.500. The summed E-state index contributed by atoms with van der Waals surface area (Å²) in [5.41, 5.74) is 1.85. The Balaban J connectivity index is 1.60. The molecule has 1 aliphatic carbocycles. The van der Waals surface area contributed by atoms with Crippen molar-refractivity contribution in [3.05, 3.63) is 42.0 Å². The molecule has 1 fully saturated rings. The maximum absolute atomic E-state index is 12.6. The van der Waals surface area contributed by atoms with E-state index in [2.05, 4.69) is 11.9 Å². The summed E-state index contributed by atoms with van der Waals surface area (Å²) in [5.74, 6) is -0.819. The Bertz CT molecular complexity index is 733. The summed E-state index contributed by atoms with van der Waals surface area (Å²) in [7, 11) is 0. The average molecular weight is 384 g/mol. The highest BCUT2D eigenvalue weighted by atomic mass is 16.4. The Morgan fingerprint density at radius 1 is 1.18 bits per heavy atom. The van der Waals surface area contributed by atoms with Crippen LogP contribution in [0, 0.1) is 5.92 Å². The first-order valence-electron chi connectivity index (χ1n) is 10.1. The monoisotopic (exact) mass is 384 g/mol. The van der Waals surface area contributed by atoms with Gasteiger partial charge in [-0.2, -0.15) is 0 Å². The van der Waals surface area contributed by atoms with Crippen LogP contribution in [0.2, 0.25) is 0 Å². The fourth-order valence-electron chi connectivity index (χ4n) is 4.29. The van der Waals surface area contributed by atoms with Gasteiger partial charge in [-0.15, -0.1) is 0 Å². The Morgan fingerprint density at radius 2 is 1.86 bits per heavy atom. The third kappa shape index (κ3) is 4.80. The maximum atomic E-state index is 12.6. The van der Waals surface area contributed by atoms with E-state index in [-0.39, 0.29) is 30.8 Å². The largest absolute Gasteiger partial charge is 0.481 e. The minimum Gasteiger partial charge on any atom is -0.481 e. The lowest BCUT2D eigenvalue weighted by atomic mass is 9.84. The van der Waals surface area contributed by atoms with Gasteiger partial charge >= 0.3 is 5.97 Å². The van der Waals surface area contributed by atoms with Crippen LogP contribution < -0.4 is 5.32 Å². The van der Waals surface area contributed by atoms with Gasteiger partial charge in [0.25, 0.3) is 5.91 Å². The number of amides is 2. The maximum Gasteiger partial charge on any atom is 0.303 e. The molecule has 6 nitrogen and oxygen atoms in total. The molecule has 0 spiro atoms.